The number of nitrogens with zero attached hydrogens (tertiary/aromatic N) is 3. The van der Waals surface area contributed by atoms with Crippen LogP contribution < -0.4 is 4.74 Å². The number of hydrogen-bond donors (Lipinski definition) is 0. The van der Waals surface area contributed by atoms with Gasteiger partial charge in [0.2, 0.25) is 17.6 Å². The molecule has 0 N–H and O–H groups in total. The number of aryl methyl sites for hydroxylation is 1. The Morgan fingerprint density at radius 2 is 1.78 bits per heavy atom. The van der Waals surface area contributed by atoms with Crippen LogP contribution in [0.1, 0.15) is 36.6 Å². The Labute approximate surface area is 187 Å². The molecule has 166 valence electrons. The zero-order valence-electron chi connectivity index (χ0n) is 18.0. The molecule has 2 fully saturated rings. The number of ether oxygens (including phenoxy) is 2. The number of carbonyl (C=O) groups excluding carboxylic acids is 1. The van der Waals surface area contributed by atoms with E-state index in [1.807, 2.05) is 47.4 Å². The first kappa shape index (κ1) is 20.7. The molecule has 0 aliphatic carbocycles. The van der Waals surface area contributed by atoms with E-state index in [1.54, 1.807) is 0 Å². The number of likely N-dealkylation sites (tertiary alicyclic amines) is 1. The maximum atomic E-state index is 12.4. The fourth-order valence-electron chi connectivity index (χ4n) is 4.11. The number of rotatable bonds is 7. The van der Waals surface area contributed by atoms with Gasteiger partial charge in [0.1, 0.15) is 11.9 Å². The lowest BCUT2D eigenvalue weighted by Crippen LogP contribution is -2.56. The lowest BCUT2D eigenvalue weighted by atomic mass is 10.0. The third-order valence-electron chi connectivity index (χ3n) is 6.10. The van der Waals surface area contributed by atoms with Gasteiger partial charge >= 0.3 is 0 Å². The second kappa shape index (κ2) is 9.53. The van der Waals surface area contributed by atoms with E-state index in [0.717, 1.165) is 43.8 Å². The van der Waals surface area contributed by atoms with Crippen molar-refractivity contribution in [2.75, 3.05) is 26.3 Å². The number of carbonyl (C=O) groups is 1. The van der Waals surface area contributed by atoms with Gasteiger partial charge in [-0.1, -0.05) is 35.5 Å². The van der Waals surface area contributed by atoms with Crippen molar-refractivity contribution < 1.29 is 18.8 Å². The van der Waals surface area contributed by atoms with Crippen LogP contribution in [0.25, 0.3) is 11.4 Å². The van der Waals surface area contributed by atoms with Gasteiger partial charge < -0.3 is 18.9 Å². The molecular weight excluding hydrogens is 406 g/mol. The van der Waals surface area contributed by atoms with E-state index in [1.165, 1.54) is 5.56 Å². The molecule has 3 heterocycles. The molecule has 0 bridgehead atoms. The van der Waals surface area contributed by atoms with Crippen LogP contribution in [0, 0.1) is 0 Å². The van der Waals surface area contributed by atoms with Crippen LogP contribution in [-0.4, -0.2) is 53.4 Å². The van der Waals surface area contributed by atoms with Gasteiger partial charge in [-0.2, -0.15) is 4.98 Å². The predicted molar refractivity (Wildman–Crippen MR) is 118 cm³/mol. The fourth-order valence-corrected chi connectivity index (χ4v) is 4.11. The lowest BCUT2D eigenvalue weighted by Gasteiger charge is -2.39. The Morgan fingerprint density at radius 3 is 2.53 bits per heavy atom. The van der Waals surface area contributed by atoms with E-state index >= 15 is 0 Å². The molecule has 7 heteroatoms. The van der Waals surface area contributed by atoms with Gasteiger partial charge in [-0.25, -0.2) is 0 Å². The van der Waals surface area contributed by atoms with Gasteiger partial charge in [-0.3, -0.25) is 4.79 Å². The van der Waals surface area contributed by atoms with Crippen molar-refractivity contribution in [1.82, 2.24) is 15.0 Å². The molecule has 0 atom stereocenters. The minimum atomic E-state index is 0.0341. The Kier molecular flexibility index (Phi) is 6.16. The maximum absolute atomic E-state index is 12.4. The molecule has 0 unspecified atom stereocenters. The first-order valence-corrected chi connectivity index (χ1v) is 11.2. The predicted octanol–water partition coefficient (Wildman–Crippen LogP) is 3.85. The van der Waals surface area contributed by atoms with E-state index in [9.17, 15) is 4.79 Å². The van der Waals surface area contributed by atoms with Crippen molar-refractivity contribution in [2.24, 2.45) is 0 Å². The zero-order valence-corrected chi connectivity index (χ0v) is 18.0. The minimum absolute atomic E-state index is 0.0341. The summed E-state index contributed by atoms with van der Waals surface area (Å²) in [6, 6.07) is 17.8. The Morgan fingerprint density at radius 1 is 1.03 bits per heavy atom. The molecule has 5 rings (SSSR count). The SMILES string of the molecule is O=C(CCc1ccccc1)N1CC(Oc2ccc(-c3noc(C4CCOCC4)n3)cc2)C1. The van der Waals surface area contributed by atoms with E-state index in [0.29, 0.717) is 31.2 Å². The molecule has 0 spiro atoms. The summed E-state index contributed by atoms with van der Waals surface area (Å²) in [7, 11) is 0. The van der Waals surface area contributed by atoms with Crippen molar-refractivity contribution in [3.63, 3.8) is 0 Å². The van der Waals surface area contributed by atoms with Gasteiger partial charge in [0.25, 0.3) is 0 Å². The summed E-state index contributed by atoms with van der Waals surface area (Å²) < 4.78 is 16.9. The quantitative estimate of drug-likeness (QED) is 0.563. The fraction of sp³-hybridized carbons (Fsp3) is 0.400. The molecular formula is C25H27N3O4. The first-order chi connectivity index (χ1) is 15.7. The molecule has 2 aliphatic rings. The number of amides is 1. The van der Waals surface area contributed by atoms with Gasteiger partial charge in [0.05, 0.1) is 13.1 Å². The normalized spacial score (nSPS) is 17.2. The number of hydrogen-bond acceptors (Lipinski definition) is 6. The van der Waals surface area contributed by atoms with Crippen LogP contribution in [0.5, 0.6) is 5.75 Å². The molecule has 0 saturated carbocycles. The van der Waals surface area contributed by atoms with Crippen molar-refractivity contribution in [3.8, 4) is 17.1 Å². The van der Waals surface area contributed by atoms with E-state index < -0.39 is 0 Å². The minimum Gasteiger partial charge on any atom is -0.487 e. The highest BCUT2D eigenvalue weighted by Crippen LogP contribution is 2.28. The summed E-state index contributed by atoms with van der Waals surface area (Å²) in [5.41, 5.74) is 2.08. The van der Waals surface area contributed by atoms with Crippen LogP contribution >= 0.6 is 0 Å². The van der Waals surface area contributed by atoms with Gasteiger partial charge in [0, 0.05) is 31.1 Å². The molecule has 0 radical (unpaired) electrons. The van der Waals surface area contributed by atoms with E-state index in [-0.39, 0.29) is 17.9 Å². The molecule has 1 amide bonds. The van der Waals surface area contributed by atoms with Crippen LogP contribution in [0.2, 0.25) is 0 Å². The second-order valence-corrected chi connectivity index (χ2v) is 8.39. The first-order valence-electron chi connectivity index (χ1n) is 11.2. The van der Waals surface area contributed by atoms with Crippen molar-refractivity contribution in [3.05, 3.63) is 66.1 Å². The van der Waals surface area contributed by atoms with Gasteiger partial charge in [0.15, 0.2) is 0 Å². The molecule has 2 saturated heterocycles. The van der Waals surface area contributed by atoms with Crippen LogP contribution in [0.15, 0.2) is 59.1 Å². The smallest absolute Gasteiger partial charge is 0.230 e. The van der Waals surface area contributed by atoms with Gasteiger partial charge in [-0.05, 0) is 49.1 Å². The van der Waals surface area contributed by atoms with Crippen LogP contribution in [-0.2, 0) is 16.0 Å². The molecule has 32 heavy (non-hydrogen) atoms. The van der Waals surface area contributed by atoms with Crippen molar-refractivity contribution in [1.29, 1.82) is 0 Å². The Balaban J connectivity index is 1.09. The summed E-state index contributed by atoms with van der Waals surface area (Å²) in [6.07, 6.45) is 3.18. The highest BCUT2D eigenvalue weighted by atomic mass is 16.5. The maximum Gasteiger partial charge on any atom is 0.230 e. The number of aromatic nitrogens is 2. The van der Waals surface area contributed by atoms with Crippen molar-refractivity contribution in [2.45, 2.75) is 37.7 Å². The Bertz CT molecular complexity index is 1020. The molecule has 2 aromatic carbocycles. The Hall–Kier alpha value is -3.19. The molecule has 1 aromatic heterocycles. The zero-order chi connectivity index (χ0) is 21.8. The highest BCUT2D eigenvalue weighted by molar-refractivity contribution is 5.77. The summed E-state index contributed by atoms with van der Waals surface area (Å²) in [5, 5.41) is 4.14. The average molecular weight is 434 g/mol. The standard InChI is InChI=1S/C25H27N3O4/c29-23(11-6-18-4-2-1-3-5-18)28-16-22(17-28)31-21-9-7-19(8-10-21)24-26-25(32-27-24)20-12-14-30-15-13-20/h1-5,7-10,20,22H,6,11-17H2. The highest BCUT2D eigenvalue weighted by Gasteiger charge is 2.31. The topological polar surface area (TPSA) is 77.7 Å². The summed E-state index contributed by atoms with van der Waals surface area (Å²) in [4.78, 5) is 18.8. The van der Waals surface area contributed by atoms with Crippen molar-refractivity contribution >= 4 is 5.91 Å². The summed E-state index contributed by atoms with van der Waals surface area (Å²) >= 11 is 0. The van der Waals surface area contributed by atoms with E-state index in [2.05, 4.69) is 22.3 Å². The monoisotopic (exact) mass is 433 g/mol. The lowest BCUT2D eigenvalue weighted by molar-refractivity contribution is -0.139. The molecule has 3 aromatic rings. The third kappa shape index (κ3) is 4.83. The number of benzene rings is 2. The van der Waals surface area contributed by atoms with Gasteiger partial charge in [-0.15, -0.1) is 0 Å². The van der Waals surface area contributed by atoms with E-state index in [4.69, 9.17) is 14.0 Å². The second-order valence-electron chi connectivity index (χ2n) is 8.39. The summed E-state index contributed by atoms with van der Waals surface area (Å²) in [6.45, 7) is 2.75. The summed E-state index contributed by atoms with van der Waals surface area (Å²) in [5.74, 6) is 2.53. The third-order valence-corrected chi connectivity index (χ3v) is 6.10. The molecule has 7 nitrogen and oxygen atoms in total. The van der Waals surface area contributed by atoms with Crippen LogP contribution in [0.3, 0.4) is 0 Å². The van der Waals surface area contributed by atoms with Crippen LogP contribution in [0.4, 0.5) is 0 Å². The molecule has 2 aliphatic heterocycles. The average Bonchev–Trinajstić information content (AvgIpc) is 3.32. The largest absolute Gasteiger partial charge is 0.487 e.